The summed E-state index contributed by atoms with van der Waals surface area (Å²) >= 11 is 0. The van der Waals surface area contributed by atoms with E-state index >= 15 is 0 Å². The normalized spacial score (nSPS) is 12.8. The second-order valence-electron chi connectivity index (χ2n) is 6.75. The van der Waals surface area contributed by atoms with E-state index in [0.29, 0.717) is 17.7 Å². The number of benzene rings is 3. The van der Waals surface area contributed by atoms with E-state index in [1.165, 1.54) is 12.1 Å². The quantitative estimate of drug-likeness (QED) is 0.657. The first-order valence-electron chi connectivity index (χ1n) is 8.95. The minimum Gasteiger partial charge on any atom is -0.348 e. The van der Waals surface area contributed by atoms with Crippen molar-refractivity contribution in [1.29, 1.82) is 0 Å². The molecule has 0 aromatic heterocycles. The molecule has 0 radical (unpaired) electrons. The smallest absolute Gasteiger partial charge is 0.348 e. The third kappa shape index (κ3) is 4.34. The van der Waals surface area contributed by atoms with Crippen LogP contribution in [-0.2, 0) is 6.18 Å². The number of halogens is 3. The van der Waals surface area contributed by atoms with Gasteiger partial charge in [-0.15, -0.1) is 0 Å². The van der Waals surface area contributed by atoms with Gasteiger partial charge in [0.2, 0.25) is 0 Å². The molecule has 0 saturated heterocycles. The summed E-state index contributed by atoms with van der Waals surface area (Å²) in [5, 5.41) is 7.66. The molecule has 28 heavy (non-hydrogen) atoms. The Kier molecular flexibility index (Phi) is 5.70. The van der Waals surface area contributed by atoms with Crippen LogP contribution in [0.1, 0.15) is 22.8 Å². The molecule has 0 aliphatic rings. The summed E-state index contributed by atoms with van der Waals surface area (Å²) in [6.45, 7) is 2.58. The molecule has 1 amide bonds. The number of hydrogen-bond acceptors (Lipinski definition) is 2. The van der Waals surface area contributed by atoms with E-state index in [1.807, 2.05) is 38.2 Å². The van der Waals surface area contributed by atoms with E-state index in [4.69, 9.17) is 0 Å². The maximum atomic E-state index is 12.8. The maximum Gasteiger partial charge on any atom is 0.416 e. The lowest BCUT2D eigenvalue weighted by atomic mass is 9.96. The third-order valence-corrected chi connectivity index (χ3v) is 4.55. The molecule has 0 aliphatic heterocycles. The zero-order valence-corrected chi connectivity index (χ0v) is 15.6. The Hall–Kier alpha value is -2.86. The zero-order chi connectivity index (χ0) is 20.3. The molecule has 0 fully saturated rings. The first-order valence-corrected chi connectivity index (χ1v) is 8.95. The highest BCUT2D eigenvalue weighted by Gasteiger charge is 2.30. The Bertz CT molecular complexity index is 981. The fourth-order valence-electron chi connectivity index (χ4n) is 3.18. The van der Waals surface area contributed by atoms with Crippen LogP contribution in [0, 0.1) is 0 Å². The standard InChI is InChI=1S/C22H21F3N2O/c1-14(13-26-2)27-21(28)17-8-11-20-16(12-17)4-3-5-19(20)15-6-9-18(10-7-15)22(23,24)25/h3-12,14,26H,13H2,1-2H3,(H,27,28). The van der Waals surface area contributed by atoms with Gasteiger partial charge in [-0.25, -0.2) is 0 Å². The van der Waals surface area contributed by atoms with Gasteiger partial charge in [0.15, 0.2) is 0 Å². The lowest BCUT2D eigenvalue weighted by Crippen LogP contribution is -2.38. The molecule has 146 valence electrons. The van der Waals surface area contributed by atoms with E-state index in [9.17, 15) is 18.0 Å². The van der Waals surface area contributed by atoms with Gasteiger partial charge in [0.25, 0.3) is 5.91 Å². The Morgan fingerprint density at radius 1 is 1.04 bits per heavy atom. The maximum absolute atomic E-state index is 12.8. The van der Waals surface area contributed by atoms with Crippen molar-refractivity contribution >= 4 is 16.7 Å². The van der Waals surface area contributed by atoms with Gasteiger partial charge in [-0.2, -0.15) is 13.2 Å². The minimum atomic E-state index is -4.36. The summed E-state index contributed by atoms with van der Waals surface area (Å²) in [5.41, 5.74) is 1.38. The van der Waals surface area contributed by atoms with Crippen LogP contribution in [0.2, 0.25) is 0 Å². The monoisotopic (exact) mass is 386 g/mol. The zero-order valence-electron chi connectivity index (χ0n) is 15.6. The van der Waals surface area contributed by atoms with E-state index in [1.54, 1.807) is 12.1 Å². The highest BCUT2D eigenvalue weighted by atomic mass is 19.4. The molecule has 2 N–H and O–H groups in total. The van der Waals surface area contributed by atoms with Crippen LogP contribution in [0.25, 0.3) is 21.9 Å². The molecule has 6 heteroatoms. The van der Waals surface area contributed by atoms with E-state index < -0.39 is 11.7 Å². The molecule has 0 aliphatic carbocycles. The van der Waals surface area contributed by atoms with E-state index in [2.05, 4.69) is 10.6 Å². The third-order valence-electron chi connectivity index (χ3n) is 4.55. The molecule has 1 atom stereocenters. The number of carbonyl (C=O) groups is 1. The fraction of sp³-hybridized carbons (Fsp3) is 0.227. The van der Waals surface area contributed by atoms with Crippen LogP contribution in [0.3, 0.4) is 0 Å². The van der Waals surface area contributed by atoms with Gasteiger partial charge in [-0.05, 0) is 60.1 Å². The van der Waals surface area contributed by atoms with Crippen LogP contribution >= 0.6 is 0 Å². The van der Waals surface area contributed by atoms with Crippen molar-refractivity contribution < 1.29 is 18.0 Å². The van der Waals surface area contributed by atoms with Crippen molar-refractivity contribution in [2.75, 3.05) is 13.6 Å². The van der Waals surface area contributed by atoms with Crippen molar-refractivity contribution in [2.45, 2.75) is 19.1 Å². The van der Waals surface area contributed by atoms with Gasteiger partial charge in [0.1, 0.15) is 0 Å². The van der Waals surface area contributed by atoms with Gasteiger partial charge < -0.3 is 10.6 Å². The molecule has 0 spiro atoms. The number of nitrogens with one attached hydrogen (secondary N) is 2. The highest BCUT2D eigenvalue weighted by Crippen LogP contribution is 2.33. The summed E-state index contributed by atoms with van der Waals surface area (Å²) in [5.74, 6) is -0.162. The predicted molar refractivity (Wildman–Crippen MR) is 105 cm³/mol. The van der Waals surface area contributed by atoms with Crippen LogP contribution in [-0.4, -0.2) is 25.5 Å². The number of alkyl halides is 3. The molecule has 3 aromatic carbocycles. The van der Waals surface area contributed by atoms with Gasteiger partial charge >= 0.3 is 6.18 Å². The van der Waals surface area contributed by atoms with Crippen molar-refractivity contribution in [1.82, 2.24) is 10.6 Å². The Balaban J connectivity index is 1.93. The van der Waals surface area contributed by atoms with Crippen LogP contribution in [0.15, 0.2) is 60.7 Å². The molecule has 0 saturated carbocycles. The number of likely N-dealkylation sites (N-methyl/N-ethyl adjacent to an activating group) is 1. The highest BCUT2D eigenvalue weighted by molar-refractivity contribution is 6.02. The summed E-state index contributed by atoms with van der Waals surface area (Å²) < 4.78 is 38.4. The summed E-state index contributed by atoms with van der Waals surface area (Å²) in [7, 11) is 1.82. The van der Waals surface area contributed by atoms with Crippen molar-refractivity contribution in [3.05, 3.63) is 71.8 Å². The minimum absolute atomic E-state index is 0.00771. The topological polar surface area (TPSA) is 41.1 Å². The Morgan fingerprint density at radius 2 is 1.75 bits per heavy atom. The van der Waals surface area contributed by atoms with Gasteiger partial charge in [-0.1, -0.05) is 36.4 Å². The Morgan fingerprint density at radius 3 is 2.39 bits per heavy atom. The molecular formula is C22H21F3N2O. The molecule has 3 aromatic rings. The van der Waals surface area contributed by atoms with Gasteiger partial charge in [0, 0.05) is 18.2 Å². The van der Waals surface area contributed by atoms with Crippen LogP contribution < -0.4 is 10.6 Å². The lowest BCUT2D eigenvalue weighted by Gasteiger charge is -2.14. The summed E-state index contributed by atoms with van der Waals surface area (Å²) in [6, 6.07) is 16.0. The van der Waals surface area contributed by atoms with Crippen LogP contribution in [0.5, 0.6) is 0 Å². The second kappa shape index (κ2) is 8.02. The number of carbonyl (C=O) groups excluding carboxylic acids is 1. The lowest BCUT2D eigenvalue weighted by molar-refractivity contribution is -0.137. The molecule has 1 unspecified atom stereocenters. The fourth-order valence-corrected chi connectivity index (χ4v) is 3.18. The molecular weight excluding hydrogens is 365 g/mol. The SMILES string of the molecule is CNCC(C)NC(=O)c1ccc2c(-c3ccc(C(F)(F)F)cc3)cccc2c1. The largest absolute Gasteiger partial charge is 0.416 e. The number of hydrogen-bond donors (Lipinski definition) is 2. The molecule has 0 bridgehead atoms. The Labute approximate surface area is 161 Å². The van der Waals surface area contributed by atoms with E-state index in [-0.39, 0.29) is 11.9 Å². The first kappa shape index (κ1) is 19.9. The first-order chi connectivity index (χ1) is 13.3. The average Bonchev–Trinajstić information content (AvgIpc) is 2.66. The number of rotatable bonds is 5. The second-order valence-corrected chi connectivity index (χ2v) is 6.75. The predicted octanol–water partition coefficient (Wildman–Crippen LogP) is 4.86. The average molecular weight is 386 g/mol. The van der Waals surface area contributed by atoms with Crippen molar-refractivity contribution in [3.8, 4) is 11.1 Å². The van der Waals surface area contributed by atoms with Crippen molar-refractivity contribution in [2.24, 2.45) is 0 Å². The molecule has 3 nitrogen and oxygen atoms in total. The van der Waals surface area contributed by atoms with Gasteiger partial charge in [0.05, 0.1) is 5.56 Å². The number of amides is 1. The summed E-state index contributed by atoms with van der Waals surface area (Å²) in [4.78, 5) is 12.4. The van der Waals surface area contributed by atoms with E-state index in [0.717, 1.165) is 28.5 Å². The number of fused-ring (bicyclic) bond motifs is 1. The molecule has 3 rings (SSSR count). The molecule has 0 heterocycles. The van der Waals surface area contributed by atoms with Crippen LogP contribution in [0.4, 0.5) is 13.2 Å². The van der Waals surface area contributed by atoms with Crippen molar-refractivity contribution in [3.63, 3.8) is 0 Å². The van der Waals surface area contributed by atoms with Gasteiger partial charge in [-0.3, -0.25) is 4.79 Å². The summed E-state index contributed by atoms with van der Waals surface area (Å²) in [6.07, 6.45) is -4.36.